The van der Waals surface area contributed by atoms with Crippen molar-refractivity contribution in [3.8, 4) is 11.3 Å². The molecule has 5 heteroatoms. The lowest BCUT2D eigenvalue weighted by Gasteiger charge is -2.20. The van der Waals surface area contributed by atoms with Gasteiger partial charge >= 0.3 is 0 Å². The van der Waals surface area contributed by atoms with E-state index < -0.39 is 0 Å². The Kier molecular flexibility index (Phi) is 4.86. The fraction of sp³-hybridized carbons (Fsp3) is 0.357. The lowest BCUT2D eigenvalue weighted by molar-refractivity contribution is 0.447. The Labute approximate surface area is 124 Å². The molecule has 19 heavy (non-hydrogen) atoms. The van der Waals surface area contributed by atoms with Crippen LogP contribution in [-0.2, 0) is 0 Å². The van der Waals surface area contributed by atoms with Crippen LogP contribution in [0.4, 0.5) is 0 Å². The van der Waals surface area contributed by atoms with Gasteiger partial charge < -0.3 is 10.3 Å². The van der Waals surface area contributed by atoms with Crippen LogP contribution in [0, 0.1) is 0 Å². The smallest absolute Gasteiger partial charge is 0.110 e. The minimum absolute atomic E-state index is 0. The quantitative estimate of drug-likeness (QED) is 0.889. The zero-order valence-corrected chi connectivity index (χ0v) is 12.1. The minimum Gasteiger partial charge on any atom is -0.348 e. The van der Waals surface area contributed by atoms with Crippen molar-refractivity contribution in [2.75, 3.05) is 13.1 Å². The normalized spacial score (nSPS) is 16.1. The molecule has 0 bridgehead atoms. The molecule has 0 aliphatic carbocycles. The maximum absolute atomic E-state index is 5.89. The number of hydrogen-bond donors (Lipinski definition) is 2. The molecule has 2 N–H and O–H groups in total. The van der Waals surface area contributed by atoms with E-state index in [-0.39, 0.29) is 12.4 Å². The predicted molar refractivity (Wildman–Crippen MR) is 81.1 cm³/mol. The molecule has 0 saturated carbocycles. The van der Waals surface area contributed by atoms with E-state index in [1.807, 2.05) is 30.5 Å². The molecule has 3 rings (SSSR count). The minimum atomic E-state index is 0. The highest BCUT2D eigenvalue weighted by atomic mass is 35.5. The molecule has 0 amide bonds. The summed E-state index contributed by atoms with van der Waals surface area (Å²) in [4.78, 5) is 8.02. The van der Waals surface area contributed by atoms with E-state index in [2.05, 4.69) is 10.3 Å². The van der Waals surface area contributed by atoms with E-state index >= 15 is 0 Å². The summed E-state index contributed by atoms with van der Waals surface area (Å²) in [7, 11) is 0. The van der Waals surface area contributed by atoms with Crippen molar-refractivity contribution in [1.29, 1.82) is 0 Å². The van der Waals surface area contributed by atoms with E-state index in [0.29, 0.717) is 5.92 Å². The SMILES string of the molecule is Cl.Clc1ccc(-c2c[nH]c(C3CCNCC3)n2)cc1. The molecular weight excluding hydrogens is 281 g/mol. The van der Waals surface area contributed by atoms with Crippen LogP contribution in [0.15, 0.2) is 30.5 Å². The summed E-state index contributed by atoms with van der Waals surface area (Å²) in [6.45, 7) is 2.17. The van der Waals surface area contributed by atoms with Crippen LogP contribution in [0.2, 0.25) is 5.02 Å². The van der Waals surface area contributed by atoms with Gasteiger partial charge in [0.1, 0.15) is 5.82 Å². The average molecular weight is 298 g/mol. The molecule has 1 aromatic heterocycles. The third-order valence-electron chi connectivity index (χ3n) is 3.46. The Balaban J connectivity index is 0.00000133. The Hall–Kier alpha value is -1.03. The predicted octanol–water partition coefficient (Wildman–Crippen LogP) is 3.62. The Morgan fingerprint density at radius 2 is 1.79 bits per heavy atom. The molecular formula is C14H17Cl2N3. The molecule has 0 unspecified atom stereocenters. The van der Waals surface area contributed by atoms with Gasteiger partial charge in [-0.1, -0.05) is 23.7 Å². The fourth-order valence-electron chi connectivity index (χ4n) is 2.41. The first-order valence-corrected chi connectivity index (χ1v) is 6.73. The van der Waals surface area contributed by atoms with Crippen LogP contribution in [0.5, 0.6) is 0 Å². The van der Waals surface area contributed by atoms with E-state index in [1.54, 1.807) is 0 Å². The number of piperidine rings is 1. The summed E-state index contributed by atoms with van der Waals surface area (Å²) in [5, 5.41) is 4.13. The number of rotatable bonds is 2. The van der Waals surface area contributed by atoms with Gasteiger partial charge in [-0.15, -0.1) is 12.4 Å². The number of hydrogen-bond acceptors (Lipinski definition) is 2. The molecule has 0 atom stereocenters. The van der Waals surface area contributed by atoms with Crippen LogP contribution in [0.3, 0.4) is 0 Å². The van der Waals surface area contributed by atoms with Gasteiger partial charge in [0.2, 0.25) is 0 Å². The third kappa shape index (κ3) is 3.30. The van der Waals surface area contributed by atoms with Gasteiger partial charge in [-0.2, -0.15) is 0 Å². The van der Waals surface area contributed by atoms with Gasteiger partial charge in [0.05, 0.1) is 5.69 Å². The number of aromatic amines is 1. The molecule has 1 aliphatic heterocycles. The zero-order valence-electron chi connectivity index (χ0n) is 10.5. The Morgan fingerprint density at radius 1 is 1.11 bits per heavy atom. The summed E-state index contributed by atoms with van der Waals surface area (Å²) in [6, 6.07) is 7.81. The van der Waals surface area contributed by atoms with Crippen LogP contribution >= 0.6 is 24.0 Å². The van der Waals surface area contributed by atoms with E-state index in [0.717, 1.165) is 48.0 Å². The van der Waals surface area contributed by atoms with Crippen molar-refractivity contribution in [2.45, 2.75) is 18.8 Å². The average Bonchev–Trinajstić information content (AvgIpc) is 2.90. The van der Waals surface area contributed by atoms with Gasteiger partial charge in [-0.3, -0.25) is 0 Å². The summed E-state index contributed by atoms with van der Waals surface area (Å²) >= 11 is 5.89. The second-order valence-electron chi connectivity index (χ2n) is 4.70. The van der Waals surface area contributed by atoms with Gasteiger partial charge in [0.15, 0.2) is 0 Å². The van der Waals surface area contributed by atoms with Crippen LogP contribution < -0.4 is 5.32 Å². The number of aromatic nitrogens is 2. The van der Waals surface area contributed by atoms with Crippen molar-refractivity contribution in [3.63, 3.8) is 0 Å². The van der Waals surface area contributed by atoms with E-state index in [1.165, 1.54) is 0 Å². The number of benzene rings is 1. The molecule has 1 aromatic carbocycles. The zero-order chi connectivity index (χ0) is 12.4. The molecule has 0 radical (unpaired) electrons. The first kappa shape index (κ1) is 14.4. The first-order valence-electron chi connectivity index (χ1n) is 6.35. The maximum atomic E-state index is 5.89. The molecule has 3 nitrogen and oxygen atoms in total. The fourth-order valence-corrected chi connectivity index (χ4v) is 2.54. The monoisotopic (exact) mass is 297 g/mol. The third-order valence-corrected chi connectivity index (χ3v) is 3.72. The highest BCUT2D eigenvalue weighted by Crippen LogP contribution is 2.26. The highest BCUT2D eigenvalue weighted by molar-refractivity contribution is 6.30. The standard InChI is InChI=1S/C14H16ClN3.ClH/c15-12-3-1-10(2-4-12)13-9-17-14(18-13)11-5-7-16-8-6-11;/h1-4,9,11,16H,5-8H2,(H,17,18);1H. The lowest BCUT2D eigenvalue weighted by Crippen LogP contribution is -2.27. The van der Waals surface area contributed by atoms with E-state index in [9.17, 15) is 0 Å². The van der Waals surface area contributed by atoms with Gasteiger partial charge in [-0.25, -0.2) is 4.98 Å². The Morgan fingerprint density at radius 3 is 2.47 bits per heavy atom. The number of halogens is 2. The van der Waals surface area contributed by atoms with Gasteiger partial charge in [0.25, 0.3) is 0 Å². The van der Waals surface area contributed by atoms with Crippen molar-refractivity contribution in [2.24, 2.45) is 0 Å². The molecule has 1 saturated heterocycles. The molecule has 102 valence electrons. The van der Waals surface area contributed by atoms with Crippen molar-refractivity contribution >= 4 is 24.0 Å². The molecule has 0 spiro atoms. The van der Waals surface area contributed by atoms with Crippen LogP contribution in [0.25, 0.3) is 11.3 Å². The summed E-state index contributed by atoms with van der Waals surface area (Å²) in [5.74, 6) is 1.67. The number of H-pyrrole nitrogens is 1. The van der Waals surface area contributed by atoms with Crippen LogP contribution in [0.1, 0.15) is 24.6 Å². The molecule has 2 aromatic rings. The van der Waals surface area contributed by atoms with Crippen molar-refractivity contribution in [3.05, 3.63) is 41.3 Å². The molecule has 2 heterocycles. The second-order valence-corrected chi connectivity index (χ2v) is 5.14. The van der Waals surface area contributed by atoms with Gasteiger partial charge in [0, 0.05) is 22.7 Å². The summed E-state index contributed by atoms with van der Waals surface area (Å²) in [5.41, 5.74) is 2.11. The first-order chi connectivity index (χ1) is 8.83. The number of nitrogens with zero attached hydrogens (tertiary/aromatic N) is 1. The van der Waals surface area contributed by atoms with Gasteiger partial charge in [-0.05, 0) is 38.1 Å². The number of nitrogens with one attached hydrogen (secondary N) is 2. The topological polar surface area (TPSA) is 40.7 Å². The number of imidazole rings is 1. The van der Waals surface area contributed by atoms with Crippen molar-refractivity contribution < 1.29 is 0 Å². The lowest BCUT2D eigenvalue weighted by atomic mass is 9.98. The molecule has 1 fully saturated rings. The molecule has 1 aliphatic rings. The Bertz CT molecular complexity index is 516. The summed E-state index contributed by atoms with van der Waals surface area (Å²) in [6.07, 6.45) is 4.31. The summed E-state index contributed by atoms with van der Waals surface area (Å²) < 4.78 is 0. The van der Waals surface area contributed by atoms with Crippen LogP contribution in [-0.4, -0.2) is 23.1 Å². The maximum Gasteiger partial charge on any atom is 0.110 e. The highest BCUT2D eigenvalue weighted by Gasteiger charge is 2.18. The van der Waals surface area contributed by atoms with Crippen molar-refractivity contribution in [1.82, 2.24) is 15.3 Å². The second kappa shape index (κ2) is 6.42. The largest absolute Gasteiger partial charge is 0.348 e. The van der Waals surface area contributed by atoms with E-state index in [4.69, 9.17) is 16.6 Å².